The molecule has 130 valence electrons. The van der Waals surface area contributed by atoms with Crippen LogP contribution >= 0.6 is 0 Å². The first kappa shape index (κ1) is 17.4. The average Bonchev–Trinajstić information content (AvgIpc) is 2.56. The fourth-order valence-corrected chi connectivity index (χ4v) is 3.17. The third kappa shape index (κ3) is 3.52. The van der Waals surface area contributed by atoms with Crippen molar-refractivity contribution < 1.29 is 14.6 Å². The van der Waals surface area contributed by atoms with Gasteiger partial charge in [-0.15, -0.1) is 0 Å². The zero-order valence-corrected chi connectivity index (χ0v) is 15.2. The number of aliphatic hydroxyl groups is 1. The molecular weight excluding hydrogens is 312 g/mol. The van der Waals surface area contributed by atoms with Crippen molar-refractivity contribution in [2.45, 2.75) is 45.6 Å². The number of rotatable bonds is 3. The van der Waals surface area contributed by atoms with Crippen molar-refractivity contribution in [3.05, 3.63) is 70.8 Å². The molecule has 0 aliphatic heterocycles. The first-order valence-corrected chi connectivity index (χ1v) is 8.60. The van der Waals surface area contributed by atoms with E-state index in [9.17, 15) is 9.90 Å². The Labute approximate surface area is 149 Å². The first-order valence-electron chi connectivity index (χ1n) is 8.60. The van der Waals surface area contributed by atoms with Crippen molar-refractivity contribution >= 4 is 11.5 Å². The summed E-state index contributed by atoms with van der Waals surface area (Å²) < 4.78 is 5.28. The van der Waals surface area contributed by atoms with Gasteiger partial charge in [0.25, 0.3) is 0 Å². The van der Waals surface area contributed by atoms with Crippen LogP contribution in [0.1, 0.15) is 49.4 Å². The smallest absolute Gasteiger partial charge is 0.340 e. The molecule has 0 amide bonds. The van der Waals surface area contributed by atoms with E-state index in [1.807, 2.05) is 12.1 Å². The van der Waals surface area contributed by atoms with Gasteiger partial charge < -0.3 is 9.84 Å². The van der Waals surface area contributed by atoms with Gasteiger partial charge in [-0.3, -0.25) is 0 Å². The maximum Gasteiger partial charge on any atom is 0.340 e. The maximum atomic E-state index is 11.7. The lowest BCUT2D eigenvalue weighted by Gasteiger charge is -2.32. The van der Waals surface area contributed by atoms with Crippen LogP contribution in [0.25, 0.3) is 5.57 Å². The number of carbonyl (C=O) groups excluding carboxylic acids is 1. The summed E-state index contributed by atoms with van der Waals surface area (Å²) in [5.74, 6) is -0.161. The lowest BCUT2D eigenvalue weighted by Crippen LogP contribution is -2.24. The Morgan fingerprint density at radius 1 is 1.16 bits per heavy atom. The Bertz CT molecular complexity index is 827. The summed E-state index contributed by atoms with van der Waals surface area (Å²) in [6.07, 6.45) is 2.07. The Morgan fingerprint density at radius 2 is 1.84 bits per heavy atom. The van der Waals surface area contributed by atoms with Crippen molar-refractivity contribution in [3.63, 3.8) is 0 Å². The lowest BCUT2D eigenvalue weighted by molar-refractivity contribution is -0.142. The molecule has 1 atom stereocenters. The van der Waals surface area contributed by atoms with E-state index in [-0.39, 0.29) is 5.41 Å². The van der Waals surface area contributed by atoms with E-state index < -0.39 is 12.1 Å². The fraction of sp³-hybridized carbons (Fsp3) is 0.318. The summed E-state index contributed by atoms with van der Waals surface area (Å²) in [5, 5.41) is 9.35. The molecule has 2 aromatic rings. The Balaban J connectivity index is 2.02. The second kappa shape index (κ2) is 6.49. The molecule has 0 saturated carbocycles. The van der Waals surface area contributed by atoms with Gasteiger partial charge >= 0.3 is 5.97 Å². The molecule has 2 aromatic carbocycles. The molecule has 1 aliphatic carbocycles. The van der Waals surface area contributed by atoms with Gasteiger partial charge in [0.2, 0.25) is 0 Å². The summed E-state index contributed by atoms with van der Waals surface area (Å²) in [4.78, 5) is 11.7. The van der Waals surface area contributed by atoms with E-state index in [1.54, 1.807) is 6.07 Å². The molecule has 3 rings (SSSR count). The van der Waals surface area contributed by atoms with Crippen LogP contribution in [-0.2, 0) is 10.2 Å². The quantitative estimate of drug-likeness (QED) is 0.668. The minimum atomic E-state index is -1.13. The zero-order chi connectivity index (χ0) is 18.2. The highest BCUT2D eigenvalue weighted by molar-refractivity contribution is 5.84. The minimum absolute atomic E-state index is 0.0449. The van der Waals surface area contributed by atoms with Crippen LogP contribution in [-0.4, -0.2) is 17.2 Å². The second-order valence-corrected chi connectivity index (χ2v) is 7.38. The third-order valence-electron chi connectivity index (χ3n) is 4.75. The molecule has 3 nitrogen and oxygen atoms in total. The molecule has 3 heteroatoms. The number of hydrogen-bond donors (Lipinski definition) is 1. The number of allylic oxidation sites excluding steroid dienone is 1. The van der Waals surface area contributed by atoms with E-state index in [2.05, 4.69) is 51.1 Å². The average molecular weight is 336 g/mol. The fourth-order valence-electron chi connectivity index (χ4n) is 3.17. The predicted molar refractivity (Wildman–Crippen MR) is 99.7 cm³/mol. The molecule has 0 saturated heterocycles. The minimum Gasteiger partial charge on any atom is -0.425 e. The molecule has 0 bridgehead atoms. The molecular formula is C22H24O3. The van der Waals surface area contributed by atoms with Crippen molar-refractivity contribution in [1.82, 2.24) is 0 Å². The van der Waals surface area contributed by atoms with Gasteiger partial charge in [0.15, 0.2) is 0 Å². The Morgan fingerprint density at radius 3 is 2.48 bits per heavy atom. The maximum absolute atomic E-state index is 11.7. The molecule has 25 heavy (non-hydrogen) atoms. The van der Waals surface area contributed by atoms with E-state index >= 15 is 0 Å². The highest BCUT2D eigenvalue weighted by atomic mass is 16.5. The van der Waals surface area contributed by atoms with Crippen LogP contribution in [0.15, 0.2) is 48.5 Å². The highest BCUT2D eigenvalue weighted by Gasteiger charge is 2.29. The van der Waals surface area contributed by atoms with Gasteiger partial charge in [-0.05, 0) is 60.1 Å². The topological polar surface area (TPSA) is 46.5 Å². The number of carbonyl (C=O) groups is 1. The standard InChI is InChI=1S/C22H24O3/c1-14-5-7-16(8-6-14)18-11-12-22(3,4)20-13-17(9-10-19(18)20)25-21(24)15(2)23/h5-11,13,15,23H,12H2,1-4H3. The van der Waals surface area contributed by atoms with Gasteiger partial charge in [-0.2, -0.15) is 0 Å². The summed E-state index contributed by atoms with van der Waals surface area (Å²) in [6.45, 7) is 7.87. The van der Waals surface area contributed by atoms with Gasteiger partial charge in [0, 0.05) is 0 Å². The number of ether oxygens (including phenoxy) is 1. The SMILES string of the molecule is Cc1ccc(C2=CCC(C)(C)c3cc(OC(=O)C(C)O)ccc32)cc1. The normalized spacial score (nSPS) is 16.6. The number of aliphatic hydroxyl groups excluding tert-OH is 1. The number of aryl methyl sites for hydroxylation is 1. The summed E-state index contributed by atoms with van der Waals surface area (Å²) >= 11 is 0. The summed E-state index contributed by atoms with van der Waals surface area (Å²) in [7, 11) is 0. The molecule has 1 aliphatic rings. The highest BCUT2D eigenvalue weighted by Crippen LogP contribution is 2.42. The number of benzene rings is 2. The Hall–Kier alpha value is -2.39. The molecule has 1 N–H and O–H groups in total. The molecule has 0 spiro atoms. The van der Waals surface area contributed by atoms with Gasteiger partial charge in [0.1, 0.15) is 11.9 Å². The van der Waals surface area contributed by atoms with Crippen LogP contribution < -0.4 is 4.74 Å². The predicted octanol–water partition coefficient (Wildman–Crippen LogP) is 4.39. The lowest BCUT2D eigenvalue weighted by atomic mass is 9.72. The number of esters is 1. The zero-order valence-electron chi connectivity index (χ0n) is 15.2. The van der Waals surface area contributed by atoms with Gasteiger partial charge in [-0.25, -0.2) is 4.79 Å². The van der Waals surface area contributed by atoms with E-state index in [4.69, 9.17) is 4.74 Å². The van der Waals surface area contributed by atoms with Crippen molar-refractivity contribution in [1.29, 1.82) is 0 Å². The number of hydrogen-bond acceptors (Lipinski definition) is 3. The summed E-state index contributed by atoms with van der Waals surface area (Å²) in [5.41, 5.74) is 5.91. The van der Waals surface area contributed by atoms with Crippen LogP contribution in [0.5, 0.6) is 5.75 Å². The van der Waals surface area contributed by atoms with Crippen molar-refractivity contribution in [2.24, 2.45) is 0 Å². The van der Waals surface area contributed by atoms with E-state index in [1.165, 1.54) is 23.6 Å². The largest absolute Gasteiger partial charge is 0.425 e. The molecule has 1 unspecified atom stereocenters. The van der Waals surface area contributed by atoms with Gasteiger partial charge in [-0.1, -0.05) is 55.8 Å². The van der Waals surface area contributed by atoms with E-state index in [0.717, 1.165) is 17.5 Å². The molecule has 0 radical (unpaired) electrons. The van der Waals surface area contributed by atoms with Crippen LogP contribution in [0.3, 0.4) is 0 Å². The van der Waals surface area contributed by atoms with E-state index in [0.29, 0.717) is 5.75 Å². The second-order valence-electron chi connectivity index (χ2n) is 7.38. The number of fused-ring (bicyclic) bond motifs is 1. The van der Waals surface area contributed by atoms with Crippen LogP contribution in [0.2, 0.25) is 0 Å². The van der Waals surface area contributed by atoms with Crippen LogP contribution in [0.4, 0.5) is 0 Å². The molecule has 0 fully saturated rings. The Kier molecular flexibility index (Phi) is 4.53. The third-order valence-corrected chi connectivity index (χ3v) is 4.75. The summed E-state index contributed by atoms with van der Waals surface area (Å²) in [6, 6.07) is 14.3. The first-order chi connectivity index (χ1) is 11.8. The molecule has 0 aromatic heterocycles. The van der Waals surface area contributed by atoms with Crippen LogP contribution in [0, 0.1) is 6.92 Å². The van der Waals surface area contributed by atoms with Crippen molar-refractivity contribution in [3.8, 4) is 5.75 Å². The van der Waals surface area contributed by atoms with Crippen molar-refractivity contribution in [2.75, 3.05) is 0 Å². The molecule has 0 heterocycles. The van der Waals surface area contributed by atoms with Gasteiger partial charge in [0.05, 0.1) is 0 Å². The monoisotopic (exact) mass is 336 g/mol.